The molecule has 1 amide bonds. The molecule has 4 aromatic carbocycles. The molecule has 1 atom stereocenters. The molecule has 0 radical (unpaired) electrons. The lowest BCUT2D eigenvalue weighted by atomic mass is 9.91. The van der Waals surface area contributed by atoms with Crippen LogP contribution in [0.5, 0.6) is 0 Å². The van der Waals surface area contributed by atoms with E-state index in [0.717, 1.165) is 11.1 Å². The maximum absolute atomic E-state index is 11.4. The van der Waals surface area contributed by atoms with Crippen LogP contribution in [0.2, 0.25) is 0 Å². The summed E-state index contributed by atoms with van der Waals surface area (Å²) in [7, 11) is 0. The molecule has 1 unspecified atom stereocenters. The predicted octanol–water partition coefficient (Wildman–Crippen LogP) is 4.79. The Bertz CT molecular complexity index is 1160. The SMILES string of the molecule is CC(=O)NC(Cc1ccc(-c2c3ccccc3cc3ccccc23)cc1)C(=O)O. The number of hydrogen-bond acceptors (Lipinski definition) is 2. The van der Waals surface area contributed by atoms with Gasteiger partial charge >= 0.3 is 5.97 Å². The van der Waals surface area contributed by atoms with Crippen LogP contribution in [0.1, 0.15) is 12.5 Å². The molecule has 4 nitrogen and oxygen atoms in total. The fourth-order valence-corrected chi connectivity index (χ4v) is 3.81. The Balaban J connectivity index is 1.76. The molecule has 0 heterocycles. The minimum absolute atomic E-state index is 0.242. The predicted molar refractivity (Wildman–Crippen MR) is 116 cm³/mol. The third-order valence-electron chi connectivity index (χ3n) is 5.13. The molecular weight excluding hydrogens is 362 g/mol. The van der Waals surface area contributed by atoms with E-state index in [9.17, 15) is 14.7 Å². The Morgan fingerprint density at radius 1 is 0.862 bits per heavy atom. The van der Waals surface area contributed by atoms with Crippen LogP contribution in [0, 0.1) is 0 Å². The molecular formula is C25H21NO3. The van der Waals surface area contributed by atoms with Crippen molar-refractivity contribution in [1.82, 2.24) is 5.32 Å². The zero-order chi connectivity index (χ0) is 20.4. The number of carbonyl (C=O) groups is 2. The van der Waals surface area contributed by atoms with Gasteiger partial charge in [0.2, 0.25) is 5.91 Å². The van der Waals surface area contributed by atoms with E-state index in [0.29, 0.717) is 0 Å². The highest BCUT2D eigenvalue weighted by Crippen LogP contribution is 2.36. The van der Waals surface area contributed by atoms with Gasteiger partial charge in [0.25, 0.3) is 0 Å². The number of nitrogens with one attached hydrogen (secondary N) is 1. The standard InChI is InChI=1S/C25H21NO3/c1-16(27)26-23(25(28)29)14-17-10-12-18(13-11-17)24-21-8-4-2-6-19(21)15-20-7-3-5-9-22(20)24/h2-13,15,23H,14H2,1H3,(H,26,27)(H,28,29). The second-order valence-electron chi connectivity index (χ2n) is 7.19. The van der Waals surface area contributed by atoms with E-state index in [1.165, 1.54) is 34.0 Å². The molecule has 0 saturated carbocycles. The first kappa shape index (κ1) is 18.7. The van der Waals surface area contributed by atoms with Crippen molar-refractivity contribution in [3.63, 3.8) is 0 Å². The van der Waals surface area contributed by atoms with Crippen LogP contribution in [0.4, 0.5) is 0 Å². The normalized spacial score (nSPS) is 12.0. The summed E-state index contributed by atoms with van der Waals surface area (Å²) in [5.74, 6) is -1.39. The maximum atomic E-state index is 11.4. The van der Waals surface area contributed by atoms with E-state index >= 15 is 0 Å². The summed E-state index contributed by atoms with van der Waals surface area (Å²) in [6, 6.07) is 25.8. The minimum Gasteiger partial charge on any atom is -0.480 e. The number of hydrogen-bond donors (Lipinski definition) is 2. The number of carboxylic acids is 1. The second-order valence-corrected chi connectivity index (χ2v) is 7.19. The van der Waals surface area contributed by atoms with Crippen molar-refractivity contribution in [3.05, 3.63) is 84.4 Å². The summed E-state index contributed by atoms with van der Waals surface area (Å²) < 4.78 is 0. The Hall–Kier alpha value is -3.66. The lowest BCUT2D eigenvalue weighted by Crippen LogP contribution is -2.41. The first-order chi connectivity index (χ1) is 14.0. The maximum Gasteiger partial charge on any atom is 0.326 e. The highest BCUT2D eigenvalue weighted by atomic mass is 16.4. The number of amides is 1. The Labute approximate surface area is 168 Å². The second kappa shape index (κ2) is 7.76. The van der Waals surface area contributed by atoms with Crippen LogP contribution in [0.3, 0.4) is 0 Å². The zero-order valence-electron chi connectivity index (χ0n) is 16.1. The summed E-state index contributed by atoms with van der Waals surface area (Å²) in [5.41, 5.74) is 3.11. The highest BCUT2D eigenvalue weighted by molar-refractivity contribution is 6.12. The van der Waals surface area contributed by atoms with Crippen molar-refractivity contribution in [3.8, 4) is 11.1 Å². The Morgan fingerprint density at radius 2 is 1.41 bits per heavy atom. The smallest absolute Gasteiger partial charge is 0.326 e. The molecule has 0 bridgehead atoms. The summed E-state index contributed by atoms with van der Waals surface area (Å²) in [4.78, 5) is 22.7. The third kappa shape index (κ3) is 3.83. The van der Waals surface area contributed by atoms with Gasteiger partial charge in [-0.15, -0.1) is 0 Å². The monoisotopic (exact) mass is 383 g/mol. The molecule has 0 aliphatic heterocycles. The van der Waals surface area contributed by atoms with Crippen LogP contribution >= 0.6 is 0 Å². The molecule has 0 fully saturated rings. The van der Waals surface area contributed by atoms with E-state index in [1.54, 1.807) is 0 Å². The first-order valence-corrected chi connectivity index (χ1v) is 9.52. The van der Waals surface area contributed by atoms with Crippen molar-refractivity contribution >= 4 is 33.4 Å². The molecule has 0 aromatic heterocycles. The lowest BCUT2D eigenvalue weighted by Gasteiger charge is -2.15. The molecule has 4 heteroatoms. The van der Waals surface area contributed by atoms with Crippen LogP contribution in [0.15, 0.2) is 78.9 Å². The van der Waals surface area contributed by atoms with Gasteiger partial charge in [0.1, 0.15) is 6.04 Å². The third-order valence-corrected chi connectivity index (χ3v) is 5.13. The quantitative estimate of drug-likeness (QED) is 0.487. The Kier molecular flexibility index (Phi) is 5.00. The molecule has 4 aromatic rings. The molecule has 0 aliphatic rings. The van der Waals surface area contributed by atoms with Crippen molar-refractivity contribution in [2.24, 2.45) is 0 Å². The van der Waals surface area contributed by atoms with Gasteiger partial charge in [-0.25, -0.2) is 4.79 Å². The van der Waals surface area contributed by atoms with Crippen molar-refractivity contribution < 1.29 is 14.7 Å². The van der Waals surface area contributed by atoms with E-state index < -0.39 is 12.0 Å². The van der Waals surface area contributed by atoms with Crippen molar-refractivity contribution in [1.29, 1.82) is 0 Å². The van der Waals surface area contributed by atoms with Crippen molar-refractivity contribution in [2.75, 3.05) is 0 Å². The van der Waals surface area contributed by atoms with E-state index in [4.69, 9.17) is 0 Å². The van der Waals surface area contributed by atoms with E-state index in [1.807, 2.05) is 48.5 Å². The molecule has 4 rings (SSSR count). The average Bonchev–Trinajstić information content (AvgIpc) is 2.72. The molecule has 0 saturated heterocycles. The topological polar surface area (TPSA) is 66.4 Å². The summed E-state index contributed by atoms with van der Waals surface area (Å²) in [6.45, 7) is 1.32. The van der Waals surface area contributed by atoms with Gasteiger partial charge in [-0.3, -0.25) is 4.79 Å². The number of rotatable bonds is 5. The summed E-state index contributed by atoms with van der Waals surface area (Å²) in [5, 5.41) is 16.5. The fraction of sp³-hybridized carbons (Fsp3) is 0.120. The number of fused-ring (bicyclic) bond motifs is 2. The minimum atomic E-state index is -1.04. The summed E-state index contributed by atoms with van der Waals surface area (Å²) >= 11 is 0. The average molecular weight is 383 g/mol. The molecule has 29 heavy (non-hydrogen) atoms. The van der Waals surface area contributed by atoms with Crippen LogP contribution < -0.4 is 5.32 Å². The highest BCUT2D eigenvalue weighted by Gasteiger charge is 2.19. The summed E-state index contributed by atoms with van der Waals surface area (Å²) in [6.07, 6.45) is 0.242. The van der Waals surface area contributed by atoms with Crippen LogP contribution in [-0.2, 0) is 16.0 Å². The van der Waals surface area contributed by atoms with Gasteiger partial charge in [-0.05, 0) is 44.3 Å². The number of carboxylic acid groups (broad SMARTS) is 1. The van der Waals surface area contributed by atoms with Crippen molar-refractivity contribution in [2.45, 2.75) is 19.4 Å². The van der Waals surface area contributed by atoms with E-state index in [2.05, 4.69) is 35.6 Å². The van der Waals surface area contributed by atoms with Crippen LogP contribution in [0.25, 0.3) is 32.7 Å². The first-order valence-electron chi connectivity index (χ1n) is 9.52. The molecule has 2 N–H and O–H groups in total. The zero-order valence-corrected chi connectivity index (χ0v) is 16.1. The van der Waals surface area contributed by atoms with Crippen LogP contribution in [-0.4, -0.2) is 23.0 Å². The van der Waals surface area contributed by atoms with Gasteiger partial charge < -0.3 is 10.4 Å². The Morgan fingerprint density at radius 3 is 1.93 bits per heavy atom. The molecule has 0 aliphatic carbocycles. The lowest BCUT2D eigenvalue weighted by molar-refractivity contribution is -0.141. The van der Waals surface area contributed by atoms with Gasteiger partial charge in [0.15, 0.2) is 0 Å². The van der Waals surface area contributed by atoms with Gasteiger partial charge in [0, 0.05) is 13.3 Å². The number of aliphatic carboxylic acids is 1. The molecule has 0 spiro atoms. The fourth-order valence-electron chi connectivity index (χ4n) is 3.81. The largest absolute Gasteiger partial charge is 0.480 e. The number of carbonyl (C=O) groups excluding carboxylic acids is 1. The van der Waals surface area contributed by atoms with Gasteiger partial charge in [-0.2, -0.15) is 0 Å². The van der Waals surface area contributed by atoms with Gasteiger partial charge in [-0.1, -0.05) is 72.8 Å². The molecule has 144 valence electrons. The van der Waals surface area contributed by atoms with Gasteiger partial charge in [0.05, 0.1) is 0 Å². The number of benzene rings is 4. The van der Waals surface area contributed by atoms with E-state index in [-0.39, 0.29) is 12.3 Å².